The van der Waals surface area contributed by atoms with Crippen LogP contribution in [0.5, 0.6) is 0 Å². The van der Waals surface area contributed by atoms with Gasteiger partial charge in [-0.15, -0.1) is 11.3 Å². The number of imidazole rings is 1. The molecule has 5 heteroatoms. The lowest BCUT2D eigenvalue weighted by molar-refractivity contribution is 0.209. The van der Waals surface area contributed by atoms with Gasteiger partial charge in [0.05, 0.1) is 25.0 Å². The number of hydrogen-bond donors (Lipinski definition) is 0. The number of benzene rings is 1. The molecule has 0 saturated heterocycles. The molecule has 0 fully saturated rings. The van der Waals surface area contributed by atoms with Gasteiger partial charge in [-0.05, 0) is 13.0 Å². The van der Waals surface area contributed by atoms with Crippen molar-refractivity contribution in [2.45, 2.75) is 26.6 Å². The molecule has 0 spiro atoms. The molecule has 3 heterocycles. The van der Waals surface area contributed by atoms with E-state index in [-0.39, 0.29) is 0 Å². The van der Waals surface area contributed by atoms with E-state index in [1.807, 2.05) is 17.8 Å². The zero-order valence-corrected chi connectivity index (χ0v) is 13.4. The summed E-state index contributed by atoms with van der Waals surface area (Å²) in [6.45, 7) is 5.98. The fraction of sp³-hybridized carbons (Fsp3) is 0.294. The number of aryl methyl sites for hydroxylation is 1. The van der Waals surface area contributed by atoms with Gasteiger partial charge in [0.15, 0.2) is 0 Å². The van der Waals surface area contributed by atoms with Crippen molar-refractivity contribution < 1.29 is 0 Å². The second-order valence-corrected chi connectivity index (χ2v) is 6.70. The Morgan fingerprint density at radius 1 is 1.23 bits per heavy atom. The van der Waals surface area contributed by atoms with Crippen molar-refractivity contribution in [2.75, 3.05) is 6.54 Å². The number of fused-ring (bicyclic) bond motifs is 1. The van der Waals surface area contributed by atoms with Gasteiger partial charge in [-0.2, -0.15) is 0 Å². The second-order valence-electron chi connectivity index (χ2n) is 5.72. The third kappa shape index (κ3) is 2.58. The third-order valence-corrected chi connectivity index (χ3v) is 4.86. The molecule has 0 amide bonds. The van der Waals surface area contributed by atoms with Crippen LogP contribution in [0.3, 0.4) is 0 Å². The van der Waals surface area contributed by atoms with Crippen LogP contribution in [0.4, 0.5) is 0 Å². The molecular formula is C17H18N4S. The first-order chi connectivity index (χ1) is 10.8. The van der Waals surface area contributed by atoms with Crippen LogP contribution >= 0.6 is 11.3 Å². The van der Waals surface area contributed by atoms with Crippen molar-refractivity contribution in [3.8, 4) is 11.3 Å². The minimum absolute atomic E-state index is 0.894. The van der Waals surface area contributed by atoms with E-state index in [4.69, 9.17) is 0 Å². The van der Waals surface area contributed by atoms with Gasteiger partial charge in [-0.3, -0.25) is 4.90 Å². The molecule has 0 radical (unpaired) electrons. The standard InChI is InChI=1S/C17H18N4S/c1-13-3-2-4-14(9-13)15-10-19-16-11-20(6-7-21(15)16)12-17-18-5-8-22-17/h2-5,8-10H,6-7,11-12H2,1H3. The predicted molar refractivity (Wildman–Crippen MR) is 88.6 cm³/mol. The Morgan fingerprint density at radius 3 is 3.00 bits per heavy atom. The van der Waals surface area contributed by atoms with E-state index in [0.717, 1.165) is 32.0 Å². The highest BCUT2D eigenvalue weighted by atomic mass is 32.1. The highest BCUT2D eigenvalue weighted by Crippen LogP contribution is 2.25. The van der Waals surface area contributed by atoms with E-state index in [1.54, 1.807) is 11.3 Å². The predicted octanol–water partition coefficient (Wildman–Crippen LogP) is 3.33. The van der Waals surface area contributed by atoms with Crippen molar-refractivity contribution >= 4 is 11.3 Å². The summed E-state index contributed by atoms with van der Waals surface area (Å²) in [5, 5.41) is 3.22. The van der Waals surface area contributed by atoms with Crippen molar-refractivity contribution in [1.82, 2.24) is 19.4 Å². The van der Waals surface area contributed by atoms with E-state index in [1.165, 1.54) is 21.8 Å². The quantitative estimate of drug-likeness (QED) is 0.744. The molecule has 1 aliphatic heterocycles. The SMILES string of the molecule is Cc1cccc(-c2cnc3n2CCN(Cc2nccs2)C3)c1. The number of rotatable bonds is 3. The largest absolute Gasteiger partial charge is 0.326 e. The maximum absolute atomic E-state index is 4.65. The van der Waals surface area contributed by atoms with Crippen molar-refractivity contribution in [1.29, 1.82) is 0 Å². The maximum Gasteiger partial charge on any atom is 0.123 e. The van der Waals surface area contributed by atoms with Crippen molar-refractivity contribution in [3.05, 3.63) is 58.4 Å². The topological polar surface area (TPSA) is 34.0 Å². The Bertz CT molecular complexity index is 776. The summed E-state index contributed by atoms with van der Waals surface area (Å²) in [6.07, 6.45) is 3.89. The number of hydrogen-bond acceptors (Lipinski definition) is 4. The van der Waals surface area contributed by atoms with Gasteiger partial charge in [-0.25, -0.2) is 9.97 Å². The summed E-state index contributed by atoms with van der Waals surface area (Å²) in [6, 6.07) is 8.64. The molecule has 1 aromatic carbocycles. The van der Waals surface area contributed by atoms with Crippen LogP contribution in [0.25, 0.3) is 11.3 Å². The van der Waals surface area contributed by atoms with Gasteiger partial charge in [0.25, 0.3) is 0 Å². The van der Waals surface area contributed by atoms with Crippen molar-refractivity contribution in [3.63, 3.8) is 0 Å². The molecular weight excluding hydrogens is 292 g/mol. The van der Waals surface area contributed by atoms with E-state index >= 15 is 0 Å². The first-order valence-electron chi connectivity index (χ1n) is 7.52. The lowest BCUT2D eigenvalue weighted by Crippen LogP contribution is -2.33. The average Bonchev–Trinajstić information content (AvgIpc) is 3.16. The van der Waals surface area contributed by atoms with Crippen LogP contribution in [0.15, 0.2) is 42.0 Å². The van der Waals surface area contributed by atoms with Gasteiger partial charge < -0.3 is 4.57 Å². The fourth-order valence-electron chi connectivity index (χ4n) is 3.00. The van der Waals surface area contributed by atoms with Crippen LogP contribution < -0.4 is 0 Å². The first kappa shape index (κ1) is 13.7. The lowest BCUT2D eigenvalue weighted by Gasteiger charge is -2.27. The van der Waals surface area contributed by atoms with Gasteiger partial charge in [0, 0.05) is 30.2 Å². The summed E-state index contributed by atoms with van der Waals surface area (Å²) < 4.78 is 2.35. The summed E-state index contributed by atoms with van der Waals surface area (Å²) in [5.74, 6) is 1.15. The van der Waals surface area contributed by atoms with E-state index < -0.39 is 0 Å². The summed E-state index contributed by atoms with van der Waals surface area (Å²) in [5.41, 5.74) is 3.77. The smallest absolute Gasteiger partial charge is 0.123 e. The monoisotopic (exact) mass is 310 g/mol. The molecule has 3 aromatic rings. The van der Waals surface area contributed by atoms with Crippen molar-refractivity contribution in [2.24, 2.45) is 0 Å². The molecule has 0 N–H and O–H groups in total. The third-order valence-electron chi connectivity index (χ3n) is 4.10. The number of aromatic nitrogens is 3. The molecule has 112 valence electrons. The van der Waals surface area contributed by atoms with E-state index in [2.05, 4.69) is 50.6 Å². The van der Waals surface area contributed by atoms with Gasteiger partial charge in [0.2, 0.25) is 0 Å². The first-order valence-corrected chi connectivity index (χ1v) is 8.40. The maximum atomic E-state index is 4.65. The zero-order valence-electron chi connectivity index (χ0n) is 12.6. The lowest BCUT2D eigenvalue weighted by atomic mass is 10.1. The molecule has 1 aliphatic rings. The summed E-state index contributed by atoms with van der Waals surface area (Å²) >= 11 is 1.72. The molecule has 0 atom stereocenters. The Labute approximate surface area is 134 Å². The fourth-order valence-corrected chi connectivity index (χ4v) is 3.66. The minimum atomic E-state index is 0.894. The minimum Gasteiger partial charge on any atom is -0.326 e. The van der Waals surface area contributed by atoms with Gasteiger partial charge in [0.1, 0.15) is 10.8 Å². The normalized spacial score (nSPS) is 15.0. The molecule has 0 saturated carbocycles. The number of nitrogens with zero attached hydrogens (tertiary/aromatic N) is 4. The van der Waals surface area contributed by atoms with Crippen LogP contribution in [0, 0.1) is 6.92 Å². The number of thiazole rings is 1. The Balaban J connectivity index is 1.57. The summed E-state index contributed by atoms with van der Waals surface area (Å²) in [4.78, 5) is 11.4. The van der Waals surface area contributed by atoms with Crippen LogP contribution in [0.2, 0.25) is 0 Å². The molecule has 2 aromatic heterocycles. The highest BCUT2D eigenvalue weighted by molar-refractivity contribution is 7.09. The Morgan fingerprint density at radius 2 is 2.18 bits per heavy atom. The highest BCUT2D eigenvalue weighted by Gasteiger charge is 2.21. The van der Waals surface area contributed by atoms with Gasteiger partial charge >= 0.3 is 0 Å². The molecule has 4 rings (SSSR count). The van der Waals surface area contributed by atoms with Crippen LogP contribution in [-0.4, -0.2) is 26.0 Å². The Kier molecular flexibility index (Phi) is 3.52. The van der Waals surface area contributed by atoms with Crippen LogP contribution in [-0.2, 0) is 19.6 Å². The molecule has 4 nitrogen and oxygen atoms in total. The Hall–Kier alpha value is -1.98. The second kappa shape index (κ2) is 5.66. The summed E-state index contributed by atoms with van der Waals surface area (Å²) in [7, 11) is 0. The average molecular weight is 310 g/mol. The van der Waals surface area contributed by atoms with Gasteiger partial charge in [-0.1, -0.05) is 23.8 Å². The molecule has 0 aliphatic carbocycles. The molecule has 0 unspecified atom stereocenters. The van der Waals surface area contributed by atoms with Crippen LogP contribution in [0.1, 0.15) is 16.4 Å². The van der Waals surface area contributed by atoms with E-state index in [0.29, 0.717) is 0 Å². The van der Waals surface area contributed by atoms with E-state index in [9.17, 15) is 0 Å². The molecule has 22 heavy (non-hydrogen) atoms. The molecule has 0 bridgehead atoms. The zero-order chi connectivity index (χ0) is 14.9.